The van der Waals surface area contributed by atoms with Gasteiger partial charge in [-0.25, -0.2) is 4.98 Å². The Morgan fingerprint density at radius 2 is 2.27 bits per heavy atom. The fraction of sp³-hybridized carbons (Fsp3) is 0.375. The fourth-order valence-corrected chi connectivity index (χ4v) is 1.53. The molecular formula is C8H9BrClN. The van der Waals surface area contributed by atoms with Crippen LogP contribution in [0.5, 0.6) is 0 Å². The van der Waals surface area contributed by atoms with Gasteiger partial charge in [-0.2, -0.15) is 0 Å². The lowest BCUT2D eigenvalue weighted by Gasteiger charge is -2.06. The minimum Gasteiger partial charge on any atom is -0.249 e. The molecule has 0 radical (unpaired) electrons. The van der Waals surface area contributed by atoms with Gasteiger partial charge >= 0.3 is 0 Å². The lowest BCUT2D eigenvalue weighted by atomic mass is 10.1. The SMILES string of the molecule is Cc1cnc(Br)cc1C(C)Cl. The van der Waals surface area contributed by atoms with Crippen LogP contribution in [0.4, 0.5) is 0 Å². The van der Waals surface area contributed by atoms with Crippen molar-refractivity contribution in [1.82, 2.24) is 4.98 Å². The van der Waals surface area contributed by atoms with Crippen LogP contribution in [-0.4, -0.2) is 4.98 Å². The van der Waals surface area contributed by atoms with Gasteiger partial charge in [-0.1, -0.05) is 0 Å². The summed E-state index contributed by atoms with van der Waals surface area (Å²) in [5, 5.41) is 0.0503. The third-order valence-electron chi connectivity index (χ3n) is 1.54. The van der Waals surface area contributed by atoms with E-state index in [4.69, 9.17) is 11.6 Å². The van der Waals surface area contributed by atoms with E-state index in [0.29, 0.717) is 0 Å². The van der Waals surface area contributed by atoms with Gasteiger partial charge in [-0.3, -0.25) is 0 Å². The molecule has 1 rings (SSSR count). The molecule has 0 saturated carbocycles. The maximum Gasteiger partial charge on any atom is 0.106 e. The Hall–Kier alpha value is -0.0800. The van der Waals surface area contributed by atoms with Gasteiger partial charge in [0.1, 0.15) is 4.60 Å². The van der Waals surface area contributed by atoms with Crippen molar-refractivity contribution in [3.05, 3.63) is 28.0 Å². The first-order valence-corrected chi connectivity index (χ1v) is 4.60. The Balaban J connectivity index is 3.13. The quantitative estimate of drug-likeness (QED) is 0.536. The lowest BCUT2D eigenvalue weighted by molar-refractivity contribution is 1.03. The van der Waals surface area contributed by atoms with Crippen molar-refractivity contribution in [2.24, 2.45) is 0 Å². The number of hydrogen-bond acceptors (Lipinski definition) is 1. The molecule has 0 aliphatic rings. The zero-order valence-electron chi connectivity index (χ0n) is 6.44. The van der Waals surface area contributed by atoms with Crippen LogP contribution in [0.3, 0.4) is 0 Å². The van der Waals surface area contributed by atoms with E-state index in [1.165, 1.54) is 0 Å². The minimum atomic E-state index is 0.0503. The maximum absolute atomic E-state index is 5.93. The van der Waals surface area contributed by atoms with Crippen LogP contribution in [0, 0.1) is 6.92 Å². The van der Waals surface area contributed by atoms with E-state index in [9.17, 15) is 0 Å². The Morgan fingerprint density at radius 3 is 2.73 bits per heavy atom. The molecule has 0 aliphatic carbocycles. The Kier molecular flexibility index (Phi) is 2.90. The zero-order valence-corrected chi connectivity index (χ0v) is 8.78. The maximum atomic E-state index is 5.93. The second-order valence-corrected chi connectivity index (χ2v) is 3.95. The molecule has 0 spiro atoms. The van der Waals surface area contributed by atoms with Crippen molar-refractivity contribution >= 4 is 27.5 Å². The van der Waals surface area contributed by atoms with Gasteiger partial charge in [0, 0.05) is 6.20 Å². The molecule has 0 amide bonds. The number of nitrogens with zero attached hydrogens (tertiary/aromatic N) is 1. The molecule has 1 heterocycles. The van der Waals surface area contributed by atoms with Crippen molar-refractivity contribution < 1.29 is 0 Å². The van der Waals surface area contributed by atoms with Crippen molar-refractivity contribution in [2.45, 2.75) is 19.2 Å². The van der Waals surface area contributed by atoms with E-state index in [1.807, 2.05) is 26.1 Å². The van der Waals surface area contributed by atoms with Crippen LogP contribution >= 0.6 is 27.5 Å². The van der Waals surface area contributed by atoms with Gasteiger partial charge < -0.3 is 0 Å². The van der Waals surface area contributed by atoms with Crippen LogP contribution in [0.25, 0.3) is 0 Å². The molecule has 0 fully saturated rings. The number of aryl methyl sites for hydroxylation is 1. The number of aromatic nitrogens is 1. The number of hydrogen-bond donors (Lipinski definition) is 0. The number of pyridine rings is 1. The summed E-state index contributed by atoms with van der Waals surface area (Å²) in [7, 11) is 0. The van der Waals surface area contributed by atoms with Crippen LogP contribution in [-0.2, 0) is 0 Å². The van der Waals surface area contributed by atoms with Crippen LogP contribution in [0.15, 0.2) is 16.9 Å². The standard InChI is InChI=1S/C8H9BrClN/c1-5-4-11-8(9)3-7(5)6(2)10/h3-4,6H,1-2H3. The minimum absolute atomic E-state index is 0.0503. The summed E-state index contributed by atoms with van der Waals surface area (Å²) >= 11 is 9.23. The van der Waals surface area contributed by atoms with E-state index in [0.717, 1.165) is 15.7 Å². The molecule has 11 heavy (non-hydrogen) atoms. The Bertz CT molecular complexity index is 260. The highest BCUT2D eigenvalue weighted by atomic mass is 79.9. The highest BCUT2D eigenvalue weighted by Crippen LogP contribution is 2.24. The van der Waals surface area contributed by atoms with Gasteiger partial charge in [0.25, 0.3) is 0 Å². The van der Waals surface area contributed by atoms with Crippen LogP contribution in [0.1, 0.15) is 23.4 Å². The normalized spacial score (nSPS) is 13.1. The van der Waals surface area contributed by atoms with E-state index in [2.05, 4.69) is 20.9 Å². The summed E-state index contributed by atoms with van der Waals surface area (Å²) in [5.74, 6) is 0. The van der Waals surface area contributed by atoms with Crippen LogP contribution in [0.2, 0.25) is 0 Å². The highest BCUT2D eigenvalue weighted by Gasteiger charge is 2.05. The third-order valence-corrected chi connectivity index (χ3v) is 2.21. The summed E-state index contributed by atoms with van der Waals surface area (Å²) < 4.78 is 0.839. The van der Waals surface area contributed by atoms with Crippen molar-refractivity contribution in [1.29, 1.82) is 0 Å². The van der Waals surface area contributed by atoms with E-state index in [1.54, 1.807) is 0 Å². The largest absolute Gasteiger partial charge is 0.249 e. The van der Waals surface area contributed by atoms with Gasteiger partial charge in [0.15, 0.2) is 0 Å². The second-order valence-electron chi connectivity index (χ2n) is 2.48. The first-order valence-electron chi connectivity index (χ1n) is 3.37. The molecule has 1 atom stereocenters. The molecule has 0 saturated heterocycles. The predicted octanol–water partition coefficient (Wildman–Crippen LogP) is 3.45. The molecule has 0 bridgehead atoms. The van der Waals surface area contributed by atoms with E-state index in [-0.39, 0.29) is 5.38 Å². The molecule has 0 aromatic carbocycles. The van der Waals surface area contributed by atoms with Crippen molar-refractivity contribution in [3.63, 3.8) is 0 Å². The summed E-state index contributed by atoms with van der Waals surface area (Å²) in [5.41, 5.74) is 2.27. The molecule has 3 heteroatoms. The molecule has 0 aliphatic heterocycles. The van der Waals surface area contributed by atoms with Gasteiger partial charge in [0.05, 0.1) is 5.38 Å². The predicted molar refractivity (Wildman–Crippen MR) is 50.9 cm³/mol. The van der Waals surface area contributed by atoms with Gasteiger partial charge in [-0.15, -0.1) is 11.6 Å². The molecule has 1 aromatic rings. The Labute approximate surface area is 79.9 Å². The summed E-state index contributed by atoms with van der Waals surface area (Å²) in [4.78, 5) is 4.08. The molecule has 1 unspecified atom stereocenters. The topological polar surface area (TPSA) is 12.9 Å². The molecule has 0 N–H and O–H groups in total. The highest BCUT2D eigenvalue weighted by molar-refractivity contribution is 9.10. The zero-order chi connectivity index (χ0) is 8.43. The van der Waals surface area contributed by atoms with Crippen LogP contribution < -0.4 is 0 Å². The number of alkyl halides is 1. The van der Waals surface area contributed by atoms with Crippen molar-refractivity contribution in [2.75, 3.05) is 0 Å². The third kappa shape index (κ3) is 2.17. The number of halogens is 2. The smallest absolute Gasteiger partial charge is 0.106 e. The van der Waals surface area contributed by atoms with E-state index < -0.39 is 0 Å². The van der Waals surface area contributed by atoms with Gasteiger partial charge in [-0.05, 0) is 47.0 Å². The lowest BCUT2D eigenvalue weighted by Crippen LogP contribution is -1.90. The first-order chi connectivity index (χ1) is 5.11. The summed E-state index contributed by atoms with van der Waals surface area (Å²) in [6.45, 7) is 3.96. The average Bonchev–Trinajstić information content (AvgIpc) is 1.94. The first kappa shape index (κ1) is 9.01. The van der Waals surface area contributed by atoms with Crippen molar-refractivity contribution in [3.8, 4) is 0 Å². The summed E-state index contributed by atoms with van der Waals surface area (Å²) in [6, 6.07) is 1.95. The van der Waals surface area contributed by atoms with Gasteiger partial charge in [0.2, 0.25) is 0 Å². The van der Waals surface area contributed by atoms with E-state index >= 15 is 0 Å². The summed E-state index contributed by atoms with van der Waals surface area (Å²) in [6.07, 6.45) is 1.82. The molecule has 1 aromatic heterocycles. The molecular weight excluding hydrogens is 225 g/mol. The molecule has 60 valence electrons. The fourth-order valence-electron chi connectivity index (χ4n) is 0.941. The second kappa shape index (κ2) is 3.55. The number of rotatable bonds is 1. The molecule has 1 nitrogen and oxygen atoms in total. The average molecular weight is 235 g/mol. The monoisotopic (exact) mass is 233 g/mol. The Morgan fingerprint density at radius 1 is 1.64 bits per heavy atom.